The fourth-order valence-corrected chi connectivity index (χ4v) is 3.84. The molecule has 0 bridgehead atoms. The number of nitrogens with one attached hydrogen (secondary N) is 1. The van der Waals surface area contributed by atoms with E-state index in [1.54, 1.807) is 18.3 Å². The maximum absolute atomic E-state index is 11.7. The molecule has 0 aliphatic rings. The molecule has 5 nitrogen and oxygen atoms in total. The molecule has 0 aliphatic heterocycles. The lowest BCUT2D eigenvalue weighted by Gasteiger charge is -2.07. The second-order valence-corrected chi connectivity index (χ2v) is 7.18. The molecule has 0 saturated carbocycles. The highest BCUT2D eigenvalue weighted by Crippen LogP contribution is 2.31. The van der Waals surface area contributed by atoms with E-state index in [0.717, 1.165) is 14.4 Å². The van der Waals surface area contributed by atoms with Crippen molar-refractivity contribution in [1.29, 1.82) is 0 Å². The molecule has 112 valence electrons. The normalized spacial score (nSPS) is 12.1. The third-order valence-corrected chi connectivity index (χ3v) is 5.45. The van der Waals surface area contributed by atoms with Crippen LogP contribution in [0, 0.1) is 5.92 Å². The standard InChI is InChI=1S/C13H13BrN2O3S2/c1-7(13(18)19)4-15-11(17)3-9-6-21-12(16-9)10-2-8(14)5-20-10/h2,5-7H,3-4H2,1H3,(H,15,17)(H,18,19)/t7-/m0/s1. The number of hydrogen-bond donors (Lipinski definition) is 2. The van der Waals surface area contributed by atoms with E-state index in [2.05, 4.69) is 26.2 Å². The van der Waals surface area contributed by atoms with Gasteiger partial charge < -0.3 is 10.4 Å². The Balaban J connectivity index is 1.90. The van der Waals surface area contributed by atoms with Gasteiger partial charge in [-0.1, -0.05) is 6.92 Å². The van der Waals surface area contributed by atoms with Crippen LogP contribution in [-0.4, -0.2) is 28.5 Å². The number of carbonyl (C=O) groups is 2. The second-order valence-electron chi connectivity index (χ2n) is 4.49. The molecule has 1 atom stereocenters. The third kappa shape index (κ3) is 4.62. The van der Waals surface area contributed by atoms with Gasteiger partial charge >= 0.3 is 5.97 Å². The Kier molecular flexibility index (Phi) is 5.49. The van der Waals surface area contributed by atoms with Gasteiger partial charge in [0.2, 0.25) is 5.91 Å². The first kappa shape index (κ1) is 16.1. The maximum atomic E-state index is 11.7. The lowest BCUT2D eigenvalue weighted by atomic mass is 10.2. The van der Waals surface area contributed by atoms with Crippen LogP contribution in [0.3, 0.4) is 0 Å². The Morgan fingerprint density at radius 3 is 2.81 bits per heavy atom. The van der Waals surface area contributed by atoms with Crippen molar-refractivity contribution in [3.8, 4) is 9.88 Å². The molecule has 2 rings (SSSR count). The largest absolute Gasteiger partial charge is 0.481 e. The molecule has 0 saturated heterocycles. The van der Waals surface area contributed by atoms with Crippen molar-refractivity contribution >= 4 is 50.5 Å². The molecule has 2 heterocycles. The Morgan fingerprint density at radius 2 is 2.19 bits per heavy atom. The SMILES string of the molecule is C[C@@H](CNC(=O)Cc1csc(-c2cc(Br)cs2)n1)C(=O)O. The van der Waals surface area contributed by atoms with Crippen molar-refractivity contribution in [2.24, 2.45) is 5.92 Å². The van der Waals surface area contributed by atoms with E-state index in [1.165, 1.54) is 11.3 Å². The van der Waals surface area contributed by atoms with Gasteiger partial charge in [0.1, 0.15) is 5.01 Å². The van der Waals surface area contributed by atoms with E-state index in [-0.39, 0.29) is 18.9 Å². The number of carboxylic acid groups (broad SMARTS) is 1. The molecule has 0 aliphatic carbocycles. The smallest absolute Gasteiger partial charge is 0.308 e. The number of thiophene rings is 1. The van der Waals surface area contributed by atoms with Gasteiger partial charge in [0.05, 0.1) is 22.9 Å². The summed E-state index contributed by atoms with van der Waals surface area (Å²) >= 11 is 6.48. The number of thiazole rings is 1. The summed E-state index contributed by atoms with van der Waals surface area (Å²) in [5, 5.41) is 16.1. The number of halogens is 1. The zero-order valence-electron chi connectivity index (χ0n) is 11.1. The predicted octanol–water partition coefficient (Wildman–Crippen LogP) is 3.01. The van der Waals surface area contributed by atoms with Crippen molar-refractivity contribution in [1.82, 2.24) is 10.3 Å². The van der Waals surface area contributed by atoms with Crippen LogP contribution in [0.1, 0.15) is 12.6 Å². The predicted molar refractivity (Wildman–Crippen MR) is 86.6 cm³/mol. The number of aromatic nitrogens is 1. The van der Waals surface area contributed by atoms with Gasteiger partial charge in [-0.05, 0) is 22.0 Å². The first-order valence-corrected chi connectivity index (χ1v) is 8.69. The summed E-state index contributed by atoms with van der Waals surface area (Å²) in [6, 6.07) is 1.99. The van der Waals surface area contributed by atoms with Gasteiger partial charge in [0, 0.05) is 21.8 Å². The molecule has 0 fully saturated rings. The molecule has 0 aromatic carbocycles. The summed E-state index contributed by atoms with van der Waals surface area (Å²) in [7, 11) is 0. The summed E-state index contributed by atoms with van der Waals surface area (Å²) in [4.78, 5) is 27.9. The Hall–Kier alpha value is -1.25. The molecule has 8 heteroatoms. The number of nitrogens with zero attached hydrogens (tertiary/aromatic N) is 1. The number of rotatable bonds is 6. The van der Waals surface area contributed by atoms with Crippen LogP contribution in [0.4, 0.5) is 0 Å². The lowest BCUT2D eigenvalue weighted by molar-refractivity contribution is -0.141. The van der Waals surface area contributed by atoms with E-state index in [1.807, 2.05) is 16.8 Å². The van der Waals surface area contributed by atoms with Gasteiger partial charge in [-0.2, -0.15) is 0 Å². The summed E-state index contributed by atoms with van der Waals surface area (Å²) in [6.45, 7) is 1.68. The number of carbonyl (C=O) groups excluding carboxylic acids is 1. The number of carboxylic acids is 1. The van der Waals surface area contributed by atoms with Gasteiger partial charge in [-0.3, -0.25) is 9.59 Å². The highest BCUT2D eigenvalue weighted by molar-refractivity contribution is 9.10. The van der Waals surface area contributed by atoms with Crippen molar-refractivity contribution in [3.63, 3.8) is 0 Å². The minimum absolute atomic E-state index is 0.128. The minimum Gasteiger partial charge on any atom is -0.481 e. The summed E-state index contributed by atoms with van der Waals surface area (Å²) in [5.41, 5.74) is 0.694. The van der Waals surface area contributed by atoms with Crippen molar-refractivity contribution in [2.75, 3.05) is 6.54 Å². The Bertz CT molecular complexity index is 653. The monoisotopic (exact) mass is 388 g/mol. The van der Waals surface area contributed by atoms with Crippen LogP contribution in [0.15, 0.2) is 21.3 Å². The quantitative estimate of drug-likeness (QED) is 0.796. The first-order valence-electron chi connectivity index (χ1n) is 6.14. The van der Waals surface area contributed by atoms with E-state index in [4.69, 9.17) is 5.11 Å². The minimum atomic E-state index is -0.922. The average Bonchev–Trinajstić information content (AvgIpc) is 3.04. The molecule has 2 aromatic heterocycles. The van der Waals surface area contributed by atoms with Crippen molar-refractivity contribution in [3.05, 3.63) is 27.0 Å². The fraction of sp³-hybridized carbons (Fsp3) is 0.308. The molecule has 0 unspecified atom stereocenters. The number of hydrogen-bond acceptors (Lipinski definition) is 5. The van der Waals surface area contributed by atoms with Gasteiger partial charge in [-0.15, -0.1) is 22.7 Å². The van der Waals surface area contributed by atoms with Gasteiger partial charge in [0.15, 0.2) is 0 Å². The lowest BCUT2D eigenvalue weighted by Crippen LogP contribution is -2.32. The molecule has 1 amide bonds. The summed E-state index contributed by atoms with van der Waals surface area (Å²) in [5.74, 6) is -1.73. The summed E-state index contributed by atoms with van der Waals surface area (Å²) in [6.07, 6.45) is 0.162. The maximum Gasteiger partial charge on any atom is 0.308 e. The molecular weight excluding hydrogens is 376 g/mol. The summed E-state index contributed by atoms with van der Waals surface area (Å²) < 4.78 is 1.01. The number of aliphatic carboxylic acids is 1. The van der Waals surface area contributed by atoms with E-state index < -0.39 is 11.9 Å². The van der Waals surface area contributed by atoms with Crippen LogP contribution < -0.4 is 5.32 Å². The number of amides is 1. The van der Waals surface area contributed by atoms with Gasteiger partial charge in [0.25, 0.3) is 0 Å². The molecule has 21 heavy (non-hydrogen) atoms. The van der Waals surface area contributed by atoms with Crippen molar-refractivity contribution < 1.29 is 14.7 Å². The van der Waals surface area contributed by atoms with Crippen LogP contribution in [0.2, 0.25) is 0 Å². The topological polar surface area (TPSA) is 79.3 Å². The van der Waals surface area contributed by atoms with E-state index in [0.29, 0.717) is 5.69 Å². The molecule has 2 aromatic rings. The van der Waals surface area contributed by atoms with Crippen LogP contribution in [0.5, 0.6) is 0 Å². The fourth-order valence-electron chi connectivity index (χ4n) is 1.51. The molecule has 0 spiro atoms. The van der Waals surface area contributed by atoms with E-state index >= 15 is 0 Å². The molecule has 2 N–H and O–H groups in total. The molecular formula is C13H13BrN2O3S2. The van der Waals surface area contributed by atoms with E-state index in [9.17, 15) is 9.59 Å². The Labute approximate surface area is 138 Å². The second kappa shape index (κ2) is 7.15. The van der Waals surface area contributed by atoms with Crippen molar-refractivity contribution in [2.45, 2.75) is 13.3 Å². The van der Waals surface area contributed by atoms with Gasteiger partial charge in [-0.25, -0.2) is 4.98 Å². The highest BCUT2D eigenvalue weighted by atomic mass is 79.9. The average molecular weight is 389 g/mol. The zero-order chi connectivity index (χ0) is 15.4. The van der Waals surface area contributed by atoms with Crippen LogP contribution in [-0.2, 0) is 16.0 Å². The first-order chi connectivity index (χ1) is 9.95. The Morgan fingerprint density at radius 1 is 1.43 bits per heavy atom. The highest BCUT2D eigenvalue weighted by Gasteiger charge is 2.14. The third-order valence-electron chi connectivity index (χ3n) is 2.70. The van der Waals surface area contributed by atoms with Crippen LogP contribution >= 0.6 is 38.6 Å². The zero-order valence-corrected chi connectivity index (χ0v) is 14.3. The molecule has 0 radical (unpaired) electrons. The van der Waals surface area contributed by atoms with Crippen LogP contribution in [0.25, 0.3) is 9.88 Å².